The van der Waals surface area contributed by atoms with Crippen molar-refractivity contribution in [2.24, 2.45) is 0 Å². The van der Waals surface area contributed by atoms with E-state index in [-0.39, 0.29) is 0 Å². The highest BCUT2D eigenvalue weighted by molar-refractivity contribution is 8.16. The highest BCUT2D eigenvalue weighted by Crippen LogP contribution is 2.43. The van der Waals surface area contributed by atoms with Crippen LogP contribution in [-0.2, 0) is 4.74 Å². The van der Waals surface area contributed by atoms with Crippen molar-refractivity contribution in [2.45, 2.75) is 4.58 Å². The van der Waals surface area contributed by atoms with Crippen LogP contribution in [0.2, 0.25) is 0 Å². The van der Waals surface area contributed by atoms with Crippen LogP contribution < -0.4 is 0 Å². The monoisotopic (exact) mass is 316 g/mol. The molecule has 1 saturated heterocycles. The Morgan fingerprint density at radius 3 is 1.63 bits per heavy atom. The van der Waals surface area contributed by atoms with Gasteiger partial charge < -0.3 is 4.74 Å². The molecule has 0 spiro atoms. The summed E-state index contributed by atoms with van der Waals surface area (Å²) in [6.45, 7) is 0.772. The first kappa shape index (κ1) is 14.9. The number of hydrogen-bond acceptors (Lipinski definition) is 3. The molecule has 0 bridgehead atoms. The van der Waals surface area contributed by atoms with Crippen molar-refractivity contribution in [3.63, 3.8) is 0 Å². The maximum Gasteiger partial charge on any atom is 0.200 e. The van der Waals surface area contributed by atoms with E-state index in [0.29, 0.717) is 24.7 Å². The van der Waals surface area contributed by atoms with Crippen molar-refractivity contribution < 1.29 is 26.7 Å². The predicted molar refractivity (Wildman–Crippen MR) is 64.7 cm³/mol. The van der Waals surface area contributed by atoms with E-state index in [1.165, 1.54) is 0 Å². The van der Waals surface area contributed by atoms with Gasteiger partial charge in [-0.3, -0.25) is 0 Å². The molecule has 0 N–H and O–H groups in total. The van der Waals surface area contributed by atoms with Crippen LogP contribution in [0.3, 0.4) is 0 Å². The normalized spacial score (nSPS) is 18.2. The minimum absolute atomic E-state index is 0.386. The van der Waals surface area contributed by atoms with Crippen molar-refractivity contribution in [2.75, 3.05) is 24.7 Å². The second-order valence-corrected chi connectivity index (χ2v) is 6.39. The first-order valence-electron chi connectivity index (χ1n) is 5.36. The van der Waals surface area contributed by atoms with Crippen LogP contribution in [0.25, 0.3) is 0 Å². The fourth-order valence-electron chi connectivity index (χ4n) is 1.57. The molecule has 1 aliphatic rings. The molecule has 1 heterocycles. The molecule has 0 aliphatic carbocycles. The van der Waals surface area contributed by atoms with Gasteiger partial charge in [-0.15, -0.1) is 23.5 Å². The van der Waals surface area contributed by atoms with Crippen LogP contribution in [0.4, 0.5) is 22.0 Å². The number of rotatable bonds is 1. The van der Waals surface area contributed by atoms with Crippen molar-refractivity contribution >= 4 is 23.5 Å². The first-order chi connectivity index (χ1) is 9.04. The van der Waals surface area contributed by atoms with E-state index in [2.05, 4.69) is 0 Å². The topological polar surface area (TPSA) is 9.23 Å². The van der Waals surface area contributed by atoms with Crippen molar-refractivity contribution in [1.29, 1.82) is 0 Å². The second-order valence-electron chi connectivity index (χ2n) is 3.67. The van der Waals surface area contributed by atoms with Crippen molar-refractivity contribution in [1.82, 2.24) is 0 Å². The first-order valence-corrected chi connectivity index (χ1v) is 7.46. The summed E-state index contributed by atoms with van der Waals surface area (Å²) in [4.78, 5) is 0. The largest absolute Gasteiger partial charge is 0.380 e. The Kier molecular flexibility index (Phi) is 4.97. The lowest BCUT2D eigenvalue weighted by Crippen LogP contribution is -2.13. The summed E-state index contributed by atoms with van der Waals surface area (Å²) in [5, 5.41) is 0. The molecule has 0 aromatic heterocycles. The number of benzene rings is 1. The standard InChI is InChI=1S/C11H9F5OS2/c12-6-5(7(13)9(15)10(16)8(6)14)11-18-3-1-17-2-4-19-11/h11H,1-4H2. The van der Waals surface area contributed by atoms with Gasteiger partial charge in [-0.05, 0) is 0 Å². The van der Waals surface area contributed by atoms with Crippen LogP contribution in [0, 0.1) is 29.1 Å². The SMILES string of the molecule is Fc1c(F)c(F)c(C2SCCOCCS2)c(F)c1F. The molecule has 1 aromatic carbocycles. The maximum atomic E-state index is 13.6. The molecule has 0 unspecified atom stereocenters. The number of thioether (sulfide) groups is 2. The van der Waals surface area contributed by atoms with E-state index in [0.717, 1.165) is 23.5 Å². The third-order valence-electron chi connectivity index (χ3n) is 2.47. The van der Waals surface area contributed by atoms with Gasteiger partial charge in [0.1, 0.15) is 0 Å². The molecular formula is C11H9F5OS2. The van der Waals surface area contributed by atoms with Gasteiger partial charge >= 0.3 is 0 Å². The molecule has 19 heavy (non-hydrogen) atoms. The summed E-state index contributed by atoms with van der Waals surface area (Å²) in [7, 11) is 0. The molecule has 1 aromatic rings. The summed E-state index contributed by atoms with van der Waals surface area (Å²) in [5.74, 6) is -8.55. The van der Waals surface area contributed by atoms with E-state index in [1.54, 1.807) is 0 Å². The molecule has 0 amide bonds. The highest BCUT2D eigenvalue weighted by atomic mass is 32.2. The van der Waals surface area contributed by atoms with Crippen LogP contribution in [0.5, 0.6) is 0 Å². The average Bonchev–Trinajstić information content (AvgIpc) is 2.36. The van der Waals surface area contributed by atoms with E-state index < -0.39 is 39.2 Å². The lowest BCUT2D eigenvalue weighted by Gasteiger charge is -2.21. The number of halogens is 5. The Hall–Kier alpha value is -0.470. The van der Waals surface area contributed by atoms with Crippen LogP contribution in [-0.4, -0.2) is 24.7 Å². The zero-order valence-electron chi connectivity index (χ0n) is 9.52. The molecule has 0 radical (unpaired) electrons. The molecule has 1 fully saturated rings. The van der Waals surface area contributed by atoms with Gasteiger partial charge in [0, 0.05) is 11.5 Å². The second kappa shape index (κ2) is 6.32. The zero-order valence-corrected chi connectivity index (χ0v) is 11.2. The average molecular weight is 316 g/mol. The van der Waals surface area contributed by atoms with Crippen LogP contribution in [0.1, 0.15) is 10.1 Å². The van der Waals surface area contributed by atoms with Gasteiger partial charge in [0.05, 0.1) is 23.4 Å². The fraction of sp³-hybridized carbons (Fsp3) is 0.455. The summed E-state index contributed by atoms with van der Waals surface area (Å²) in [6.07, 6.45) is 0. The minimum Gasteiger partial charge on any atom is -0.380 e. The maximum absolute atomic E-state index is 13.6. The number of ether oxygens (including phenoxy) is 1. The van der Waals surface area contributed by atoms with Gasteiger partial charge in [0.15, 0.2) is 23.3 Å². The molecule has 1 nitrogen and oxygen atoms in total. The summed E-state index contributed by atoms with van der Waals surface area (Å²) in [5.41, 5.74) is -0.756. The highest BCUT2D eigenvalue weighted by Gasteiger charge is 2.31. The third kappa shape index (κ3) is 3.00. The predicted octanol–water partition coefficient (Wildman–Crippen LogP) is 3.88. The molecule has 2 rings (SSSR count). The van der Waals surface area contributed by atoms with Gasteiger partial charge in [0.25, 0.3) is 0 Å². The Morgan fingerprint density at radius 1 is 0.737 bits per heavy atom. The molecule has 1 aliphatic heterocycles. The molecule has 106 valence electrons. The van der Waals surface area contributed by atoms with Gasteiger partial charge in [-0.1, -0.05) is 0 Å². The summed E-state index contributed by atoms with van der Waals surface area (Å²) < 4.78 is 70.8. The lowest BCUT2D eigenvalue weighted by atomic mass is 10.2. The quantitative estimate of drug-likeness (QED) is 0.442. The Morgan fingerprint density at radius 2 is 1.16 bits per heavy atom. The Labute approximate surface area is 114 Å². The number of hydrogen-bond donors (Lipinski definition) is 0. The smallest absolute Gasteiger partial charge is 0.200 e. The van der Waals surface area contributed by atoms with Gasteiger partial charge in [0.2, 0.25) is 5.82 Å². The van der Waals surface area contributed by atoms with Crippen molar-refractivity contribution in [3.8, 4) is 0 Å². The zero-order chi connectivity index (χ0) is 14.0. The van der Waals surface area contributed by atoms with Crippen LogP contribution >= 0.6 is 23.5 Å². The fourth-order valence-corrected chi connectivity index (χ4v) is 4.14. The molecule has 8 heteroatoms. The Bertz CT molecular complexity index is 446. The minimum atomic E-state index is -2.12. The molecule has 0 atom stereocenters. The lowest BCUT2D eigenvalue weighted by molar-refractivity contribution is 0.166. The van der Waals surface area contributed by atoms with E-state index >= 15 is 0 Å². The van der Waals surface area contributed by atoms with Gasteiger partial charge in [-0.25, -0.2) is 22.0 Å². The molecule has 0 saturated carbocycles. The third-order valence-corrected chi connectivity index (χ3v) is 5.17. The van der Waals surface area contributed by atoms with Crippen LogP contribution in [0.15, 0.2) is 0 Å². The molecular weight excluding hydrogens is 307 g/mol. The van der Waals surface area contributed by atoms with Crippen molar-refractivity contribution in [3.05, 3.63) is 34.6 Å². The van der Waals surface area contributed by atoms with E-state index in [4.69, 9.17) is 4.74 Å². The summed E-state index contributed by atoms with van der Waals surface area (Å²) in [6, 6.07) is 0. The van der Waals surface area contributed by atoms with E-state index in [1.807, 2.05) is 0 Å². The van der Waals surface area contributed by atoms with E-state index in [9.17, 15) is 22.0 Å². The Balaban J connectivity index is 2.42. The summed E-state index contributed by atoms with van der Waals surface area (Å²) >= 11 is 2.21. The van der Waals surface area contributed by atoms with Gasteiger partial charge in [-0.2, -0.15) is 0 Å².